The van der Waals surface area contributed by atoms with Gasteiger partial charge in [0, 0.05) is 34.8 Å². The van der Waals surface area contributed by atoms with Gasteiger partial charge in [0.2, 0.25) is 0 Å². The fourth-order valence-electron chi connectivity index (χ4n) is 6.11. The third-order valence-corrected chi connectivity index (χ3v) is 8.32. The van der Waals surface area contributed by atoms with Gasteiger partial charge in [0.25, 0.3) is 0 Å². The van der Waals surface area contributed by atoms with Crippen LogP contribution in [0.25, 0.3) is 11.1 Å². The van der Waals surface area contributed by atoms with E-state index in [2.05, 4.69) is 85.7 Å². The molecule has 2 aliphatic heterocycles. The van der Waals surface area contributed by atoms with Crippen molar-refractivity contribution in [2.75, 3.05) is 29.9 Å². The number of rotatable bonds is 5. The van der Waals surface area contributed by atoms with E-state index < -0.39 is 0 Å². The summed E-state index contributed by atoms with van der Waals surface area (Å²) in [5, 5.41) is 7.02. The molecule has 2 aromatic carbocycles. The van der Waals surface area contributed by atoms with E-state index >= 15 is 0 Å². The lowest BCUT2D eigenvalue weighted by Gasteiger charge is -2.34. The lowest BCUT2D eigenvalue weighted by atomic mass is 9.76. The van der Waals surface area contributed by atoms with Crippen molar-refractivity contribution in [2.45, 2.75) is 72.9 Å². The van der Waals surface area contributed by atoms with E-state index in [4.69, 9.17) is 14.7 Å². The van der Waals surface area contributed by atoms with Gasteiger partial charge in [0.1, 0.15) is 24.0 Å². The topological polar surface area (TPSA) is 62.3 Å². The van der Waals surface area contributed by atoms with E-state index in [1.807, 2.05) is 0 Å². The Morgan fingerprint density at radius 1 is 1.05 bits per heavy atom. The highest BCUT2D eigenvalue weighted by Gasteiger charge is 2.31. The molecule has 0 atom stereocenters. The summed E-state index contributed by atoms with van der Waals surface area (Å²) in [6.07, 6.45) is 7.63. The summed E-state index contributed by atoms with van der Waals surface area (Å²) in [7, 11) is 0. The average molecular weight is 524 g/mol. The Kier molecular flexibility index (Phi) is 7.06. The summed E-state index contributed by atoms with van der Waals surface area (Å²) in [5.41, 5.74) is 10.3. The van der Waals surface area contributed by atoms with Crippen LogP contribution in [0.1, 0.15) is 68.7 Å². The normalized spacial score (nSPS) is 17.9. The second-order valence-corrected chi connectivity index (χ2v) is 12.0. The molecule has 3 aromatic rings. The van der Waals surface area contributed by atoms with Crippen molar-refractivity contribution >= 4 is 11.5 Å². The number of aryl methyl sites for hydroxylation is 2. The molecule has 0 saturated heterocycles. The highest BCUT2D eigenvalue weighted by Crippen LogP contribution is 2.39. The Morgan fingerprint density at radius 3 is 2.77 bits per heavy atom. The fraction of sp³-hybridized carbons (Fsp3) is 0.455. The van der Waals surface area contributed by atoms with Gasteiger partial charge in [-0.05, 0) is 85.9 Å². The minimum atomic E-state index is 0.259. The number of allylic oxidation sites excluding steroid dienone is 2. The van der Waals surface area contributed by atoms with Crippen LogP contribution in [0.2, 0.25) is 0 Å². The van der Waals surface area contributed by atoms with Crippen LogP contribution in [-0.2, 0) is 32.4 Å². The number of nitrogens with one attached hydrogen (secondary N) is 2. The Morgan fingerprint density at radius 2 is 1.90 bits per heavy atom. The zero-order valence-electron chi connectivity index (χ0n) is 23.9. The first kappa shape index (κ1) is 25.9. The average Bonchev–Trinajstić information content (AvgIpc) is 3.25. The SMILES string of the molecule is CCNCc1nc2c(c(N3CCOc4ccc(-c5ccc6c(c5)NC(C)=CCC6)cc4C3)n1)CC(C)(C)CC2. The van der Waals surface area contributed by atoms with Gasteiger partial charge >= 0.3 is 0 Å². The molecule has 0 bridgehead atoms. The summed E-state index contributed by atoms with van der Waals surface area (Å²) in [6.45, 7) is 12.8. The summed E-state index contributed by atoms with van der Waals surface area (Å²) >= 11 is 0. The fourth-order valence-corrected chi connectivity index (χ4v) is 6.11. The second kappa shape index (κ2) is 10.6. The first-order valence-corrected chi connectivity index (χ1v) is 14.6. The maximum Gasteiger partial charge on any atom is 0.144 e. The van der Waals surface area contributed by atoms with Crippen molar-refractivity contribution in [3.8, 4) is 16.9 Å². The number of aromatic nitrogens is 2. The van der Waals surface area contributed by atoms with E-state index in [1.165, 1.54) is 44.9 Å². The minimum absolute atomic E-state index is 0.259. The molecule has 0 spiro atoms. The zero-order chi connectivity index (χ0) is 27.0. The molecule has 1 aliphatic carbocycles. The first-order chi connectivity index (χ1) is 18.9. The molecule has 6 nitrogen and oxygen atoms in total. The van der Waals surface area contributed by atoms with Crippen LogP contribution in [0.4, 0.5) is 11.5 Å². The standard InChI is InChI=1S/C33H41N5O/c1-5-34-20-31-36-28-13-14-33(3,4)19-27(28)32(37-31)38-15-16-39-30-12-11-24(17-26(30)21-38)25-10-9-23-8-6-7-22(2)35-29(23)18-25/h7,9-12,17-18,34-35H,5-6,8,13-16,19-21H2,1-4H3. The summed E-state index contributed by atoms with van der Waals surface area (Å²) in [5.74, 6) is 2.97. The van der Waals surface area contributed by atoms with Crippen LogP contribution in [0.5, 0.6) is 5.75 Å². The molecule has 0 fully saturated rings. The van der Waals surface area contributed by atoms with E-state index in [-0.39, 0.29) is 5.41 Å². The predicted molar refractivity (Wildman–Crippen MR) is 159 cm³/mol. The van der Waals surface area contributed by atoms with Crippen LogP contribution in [-0.4, -0.2) is 29.7 Å². The molecule has 3 heterocycles. The minimum Gasteiger partial charge on any atom is -0.491 e. The molecule has 2 N–H and O–H groups in total. The van der Waals surface area contributed by atoms with Crippen molar-refractivity contribution in [2.24, 2.45) is 5.41 Å². The molecule has 0 radical (unpaired) electrons. The molecule has 0 amide bonds. The Balaban J connectivity index is 1.35. The van der Waals surface area contributed by atoms with Crippen LogP contribution in [0.15, 0.2) is 48.2 Å². The molecule has 3 aliphatic rings. The monoisotopic (exact) mass is 523 g/mol. The third kappa shape index (κ3) is 5.53. The number of hydrogen-bond donors (Lipinski definition) is 2. The molecule has 0 saturated carbocycles. The lowest BCUT2D eigenvalue weighted by molar-refractivity contribution is 0.310. The van der Waals surface area contributed by atoms with Gasteiger partial charge in [-0.2, -0.15) is 0 Å². The van der Waals surface area contributed by atoms with Gasteiger partial charge in [-0.1, -0.05) is 45.0 Å². The molecule has 6 heteroatoms. The first-order valence-electron chi connectivity index (χ1n) is 14.6. The molecule has 0 unspecified atom stereocenters. The van der Waals surface area contributed by atoms with Gasteiger partial charge in [-0.3, -0.25) is 0 Å². The number of benzene rings is 2. The number of fused-ring (bicyclic) bond motifs is 3. The van der Waals surface area contributed by atoms with Crippen LogP contribution in [0, 0.1) is 5.41 Å². The van der Waals surface area contributed by atoms with Crippen molar-refractivity contribution in [1.82, 2.24) is 15.3 Å². The zero-order valence-corrected chi connectivity index (χ0v) is 23.9. The smallest absolute Gasteiger partial charge is 0.144 e. The van der Waals surface area contributed by atoms with Gasteiger partial charge < -0.3 is 20.3 Å². The van der Waals surface area contributed by atoms with E-state index in [0.29, 0.717) is 13.2 Å². The largest absolute Gasteiger partial charge is 0.491 e. The number of ether oxygens (including phenoxy) is 1. The molecular formula is C33H41N5O. The Bertz CT molecular complexity index is 1410. The number of anilines is 2. The summed E-state index contributed by atoms with van der Waals surface area (Å²) < 4.78 is 6.28. The van der Waals surface area contributed by atoms with Gasteiger partial charge in [0.15, 0.2) is 0 Å². The number of nitrogens with zero attached hydrogens (tertiary/aromatic N) is 3. The van der Waals surface area contributed by atoms with Crippen molar-refractivity contribution in [3.05, 3.63) is 76.4 Å². The van der Waals surface area contributed by atoms with Crippen molar-refractivity contribution in [3.63, 3.8) is 0 Å². The van der Waals surface area contributed by atoms with Gasteiger partial charge in [-0.15, -0.1) is 0 Å². The van der Waals surface area contributed by atoms with E-state index in [9.17, 15) is 0 Å². The third-order valence-electron chi connectivity index (χ3n) is 8.32. The van der Waals surface area contributed by atoms with Gasteiger partial charge in [0.05, 0.1) is 13.1 Å². The highest BCUT2D eigenvalue weighted by molar-refractivity contribution is 5.73. The van der Waals surface area contributed by atoms with Crippen molar-refractivity contribution in [1.29, 1.82) is 0 Å². The van der Waals surface area contributed by atoms with E-state index in [0.717, 1.165) is 69.1 Å². The summed E-state index contributed by atoms with van der Waals surface area (Å²) in [6, 6.07) is 13.5. The molecule has 1 aromatic heterocycles. The molecule has 204 valence electrons. The Labute approximate surface area is 232 Å². The van der Waals surface area contributed by atoms with Crippen LogP contribution in [0.3, 0.4) is 0 Å². The van der Waals surface area contributed by atoms with Crippen LogP contribution >= 0.6 is 0 Å². The highest BCUT2D eigenvalue weighted by atomic mass is 16.5. The van der Waals surface area contributed by atoms with Crippen LogP contribution < -0.4 is 20.3 Å². The molecule has 6 rings (SSSR count). The molecule has 39 heavy (non-hydrogen) atoms. The lowest BCUT2D eigenvalue weighted by Crippen LogP contribution is -2.32. The maximum absolute atomic E-state index is 6.28. The maximum atomic E-state index is 6.28. The second-order valence-electron chi connectivity index (χ2n) is 12.0. The van der Waals surface area contributed by atoms with E-state index in [1.54, 1.807) is 0 Å². The van der Waals surface area contributed by atoms with Gasteiger partial charge in [-0.25, -0.2) is 9.97 Å². The quantitative estimate of drug-likeness (QED) is 0.402. The predicted octanol–water partition coefficient (Wildman–Crippen LogP) is 6.43. The summed E-state index contributed by atoms with van der Waals surface area (Å²) in [4.78, 5) is 12.6. The Hall–Kier alpha value is -3.38. The number of hydrogen-bond acceptors (Lipinski definition) is 6. The van der Waals surface area contributed by atoms with Crippen molar-refractivity contribution < 1.29 is 4.74 Å². The molecular weight excluding hydrogens is 482 g/mol.